The zero-order valence-electron chi connectivity index (χ0n) is 37.8. The van der Waals surface area contributed by atoms with Gasteiger partial charge in [0.05, 0.1) is 30.7 Å². The van der Waals surface area contributed by atoms with Gasteiger partial charge in [-0.25, -0.2) is 22.6 Å². The maximum absolute atomic E-state index is 15.4. The molecule has 3 aliphatic carbocycles. The lowest BCUT2D eigenvalue weighted by Gasteiger charge is -2.38. The highest BCUT2D eigenvalue weighted by Crippen LogP contribution is 2.48. The SMILES string of the molecule is COc1ccc2c(O[C@@H]3C[C@H]4C(=O)N[C@]5(C(=O)NS(=O)(=O)C6CC6)C[C@H]5C=CCC[C@@H](C)C[C@@H](C)[C@H](N(CC5(C)CC5)C(=O)O)C(=O)N4C3)nc(-c3ccc(OC(C)C)c(F)c3)cc2c1. The molecule has 4 amide bonds. The van der Waals surface area contributed by atoms with Crippen molar-refractivity contribution in [3.8, 4) is 28.6 Å². The smallest absolute Gasteiger partial charge is 0.408 e. The van der Waals surface area contributed by atoms with Gasteiger partial charge in [0.25, 0.3) is 5.91 Å². The first-order chi connectivity index (χ1) is 30.8. The average Bonchev–Trinajstić information content (AvgIpc) is 4.19. The number of halogens is 1. The summed E-state index contributed by atoms with van der Waals surface area (Å²) in [6, 6.07) is 9.23. The van der Waals surface area contributed by atoms with E-state index >= 15 is 9.18 Å². The second-order valence-corrected chi connectivity index (χ2v) is 21.6. The van der Waals surface area contributed by atoms with E-state index in [0.717, 1.165) is 19.3 Å². The van der Waals surface area contributed by atoms with Gasteiger partial charge in [0.1, 0.15) is 29.5 Å². The highest BCUT2D eigenvalue weighted by molar-refractivity contribution is 7.91. The average molecular weight is 918 g/mol. The molecular formula is C48H60FN5O10S. The molecule has 0 radical (unpaired) electrons. The van der Waals surface area contributed by atoms with Crippen LogP contribution < -0.4 is 24.2 Å². The van der Waals surface area contributed by atoms with Crippen LogP contribution in [-0.2, 0) is 24.4 Å². The van der Waals surface area contributed by atoms with Gasteiger partial charge in [-0.2, -0.15) is 0 Å². The molecule has 8 rings (SSSR count). The molecule has 1 aromatic heterocycles. The third kappa shape index (κ3) is 9.90. The van der Waals surface area contributed by atoms with E-state index < -0.39 is 80.5 Å². The number of benzene rings is 2. The molecule has 2 aliphatic heterocycles. The normalized spacial score (nSPS) is 27.7. The third-order valence-corrected chi connectivity index (χ3v) is 15.5. The summed E-state index contributed by atoms with van der Waals surface area (Å²) in [5.74, 6) is -2.74. The fraction of sp³-hybridized carbons (Fsp3) is 0.562. The second kappa shape index (κ2) is 17.7. The molecule has 2 aromatic carbocycles. The van der Waals surface area contributed by atoms with Gasteiger partial charge in [-0.05, 0) is 130 Å². The van der Waals surface area contributed by atoms with Crippen LogP contribution in [0.2, 0.25) is 0 Å². The number of nitrogens with one attached hydrogen (secondary N) is 2. The van der Waals surface area contributed by atoms with Gasteiger partial charge in [-0.1, -0.05) is 32.9 Å². The molecule has 3 saturated carbocycles. The number of hydrogen-bond acceptors (Lipinski definition) is 10. The predicted octanol–water partition coefficient (Wildman–Crippen LogP) is 6.83. The number of pyridine rings is 1. The Bertz CT molecular complexity index is 2510. The highest BCUT2D eigenvalue weighted by Gasteiger charge is 2.62. The molecule has 15 nitrogen and oxygen atoms in total. The number of amides is 4. The summed E-state index contributed by atoms with van der Waals surface area (Å²) in [5, 5.41) is 14.2. The Morgan fingerprint density at radius 3 is 2.49 bits per heavy atom. The monoisotopic (exact) mass is 917 g/mol. The van der Waals surface area contributed by atoms with Crippen LogP contribution in [-0.4, -0.2) is 107 Å². The van der Waals surface area contributed by atoms with Crippen LogP contribution in [0, 0.1) is 29.0 Å². The zero-order valence-corrected chi connectivity index (χ0v) is 38.7. The highest BCUT2D eigenvalue weighted by atomic mass is 32.2. The number of hydrogen-bond donors (Lipinski definition) is 3. The molecule has 3 aromatic rings. The molecule has 7 atom stereocenters. The topological polar surface area (TPSA) is 194 Å². The molecule has 4 fully saturated rings. The van der Waals surface area contributed by atoms with Crippen LogP contribution in [0.15, 0.2) is 54.6 Å². The van der Waals surface area contributed by atoms with Gasteiger partial charge in [0, 0.05) is 29.8 Å². The lowest BCUT2D eigenvalue weighted by atomic mass is 9.86. The standard InChI is InChI=1S/C48H60FN5O10S/c1-27(2)63-40-16-11-30(21-37(40)49)38-22-31-20-33(62-6)12-15-36(31)43(50-38)64-34-23-39-42(55)51-48(45(57)52-65(60,61)35-13-14-35)24-32(48)10-8-7-9-28(3)19-29(4)41(44(56)53(39)25-34)54(46(58)59)26-47(5)17-18-47/h8,10-12,15-16,20-22,27-29,32,34-35,39,41H,7,9,13-14,17-19,23-26H2,1-6H3,(H,51,55)(H,52,57)(H,58,59)/t28-,29-,32-,34-,39+,41+,48-/m1/s1. The molecule has 1 saturated heterocycles. The molecule has 5 aliphatic rings. The van der Waals surface area contributed by atoms with Crippen molar-refractivity contribution in [3.63, 3.8) is 0 Å². The number of carboxylic acid groups (broad SMARTS) is 1. The summed E-state index contributed by atoms with van der Waals surface area (Å²) < 4.78 is 61.6. The van der Waals surface area contributed by atoms with Crippen LogP contribution >= 0.6 is 0 Å². The van der Waals surface area contributed by atoms with E-state index in [2.05, 4.69) is 17.0 Å². The molecule has 17 heteroatoms. The Balaban J connectivity index is 1.18. The van der Waals surface area contributed by atoms with Gasteiger partial charge in [0.15, 0.2) is 11.6 Å². The Labute approximate surface area is 379 Å². The van der Waals surface area contributed by atoms with Crippen LogP contribution in [0.25, 0.3) is 22.0 Å². The van der Waals surface area contributed by atoms with Crippen molar-refractivity contribution in [1.29, 1.82) is 0 Å². The van der Waals surface area contributed by atoms with E-state index in [9.17, 15) is 27.9 Å². The Hall–Kier alpha value is -5.45. The van der Waals surface area contributed by atoms with E-state index in [-0.39, 0.29) is 55.0 Å². The number of allylic oxidation sites excluding steroid dienone is 1. The number of nitrogens with zero attached hydrogens (tertiary/aromatic N) is 3. The van der Waals surface area contributed by atoms with E-state index in [1.54, 1.807) is 44.2 Å². The fourth-order valence-electron chi connectivity index (χ4n) is 9.52. The number of aromatic nitrogens is 1. The quantitative estimate of drug-likeness (QED) is 0.161. The molecule has 3 heterocycles. The summed E-state index contributed by atoms with van der Waals surface area (Å²) in [4.78, 5) is 64.9. The largest absolute Gasteiger partial charge is 0.497 e. The van der Waals surface area contributed by atoms with E-state index in [0.29, 0.717) is 53.5 Å². The second-order valence-electron chi connectivity index (χ2n) is 19.6. The van der Waals surface area contributed by atoms with Crippen LogP contribution in [0.5, 0.6) is 17.4 Å². The van der Waals surface area contributed by atoms with Crippen molar-refractivity contribution in [2.75, 3.05) is 20.2 Å². The number of carbonyl (C=O) groups excluding carboxylic acids is 3. The third-order valence-electron chi connectivity index (χ3n) is 13.7. The Morgan fingerprint density at radius 2 is 1.83 bits per heavy atom. The zero-order chi connectivity index (χ0) is 46.6. The van der Waals surface area contributed by atoms with Gasteiger partial charge < -0.3 is 29.5 Å². The van der Waals surface area contributed by atoms with Crippen LogP contribution in [0.1, 0.15) is 92.4 Å². The Morgan fingerprint density at radius 1 is 1.08 bits per heavy atom. The minimum Gasteiger partial charge on any atom is -0.497 e. The number of sulfonamides is 1. The number of fused-ring (bicyclic) bond motifs is 3. The predicted molar refractivity (Wildman–Crippen MR) is 240 cm³/mol. The van der Waals surface area contributed by atoms with Crippen molar-refractivity contribution >= 4 is 44.6 Å². The summed E-state index contributed by atoms with van der Waals surface area (Å²) in [6.07, 6.45) is 5.90. The number of carbonyl (C=O) groups is 4. The minimum absolute atomic E-state index is 0.0716. The van der Waals surface area contributed by atoms with E-state index in [4.69, 9.17) is 19.2 Å². The first-order valence-corrected chi connectivity index (χ1v) is 24.3. The van der Waals surface area contributed by atoms with Crippen molar-refractivity contribution in [3.05, 3.63) is 60.4 Å². The molecule has 3 N–H and O–H groups in total. The first-order valence-electron chi connectivity index (χ1n) is 22.8. The maximum atomic E-state index is 15.4. The minimum atomic E-state index is -3.97. The lowest BCUT2D eigenvalue weighted by Crippen LogP contribution is -2.60. The summed E-state index contributed by atoms with van der Waals surface area (Å²) in [6.45, 7) is 9.55. The van der Waals surface area contributed by atoms with Gasteiger partial charge >= 0.3 is 6.09 Å². The molecular weight excluding hydrogens is 858 g/mol. The molecule has 0 bridgehead atoms. The number of rotatable bonds is 12. The maximum Gasteiger partial charge on any atom is 0.408 e. The molecule has 0 spiro atoms. The van der Waals surface area contributed by atoms with Crippen molar-refractivity contribution in [1.82, 2.24) is 24.8 Å². The van der Waals surface area contributed by atoms with Crippen molar-refractivity contribution in [2.45, 2.75) is 127 Å². The van der Waals surface area contributed by atoms with Crippen LogP contribution in [0.4, 0.5) is 9.18 Å². The number of ether oxygens (including phenoxy) is 3. The van der Waals surface area contributed by atoms with Crippen molar-refractivity contribution in [2.24, 2.45) is 23.2 Å². The van der Waals surface area contributed by atoms with E-state index in [1.807, 2.05) is 26.0 Å². The van der Waals surface area contributed by atoms with Gasteiger partial charge in [0.2, 0.25) is 27.7 Å². The summed E-state index contributed by atoms with van der Waals surface area (Å²) in [5.41, 5.74) is -1.07. The molecule has 350 valence electrons. The molecule has 0 unspecified atom stereocenters. The fourth-order valence-corrected chi connectivity index (χ4v) is 10.9. The van der Waals surface area contributed by atoms with Crippen molar-refractivity contribution < 1.29 is 51.3 Å². The molecule has 65 heavy (non-hydrogen) atoms. The Kier molecular flexibility index (Phi) is 12.6. The van der Waals surface area contributed by atoms with Gasteiger partial charge in [-0.15, -0.1) is 0 Å². The van der Waals surface area contributed by atoms with Gasteiger partial charge in [-0.3, -0.25) is 24.0 Å². The lowest BCUT2D eigenvalue weighted by molar-refractivity contribution is -0.144. The van der Waals surface area contributed by atoms with Crippen LogP contribution in [0.3, 0.4) is 0 Å². The summed E-state index contributed by atoms with van der Waals surface area (Å²) in [7, 11) is -2.43. The first kappa shape index (κ1) is 46.1. The summed E-state index contributed by atoms with van der Waals surface area (Å²) >= 11 is 0. The van der Waals surface area contributed by atoms with E-state index in [1.165, 1.54) is 29.0 Å². The number of methoxy groups -OCH3 is 1.